The Labute approximate surface area is 167 Å². The van der Waals surface area contributed by atoms with E-state index in [9.17, 15) is 23.3 Å². The van der Waals surface area contributed by atoms with Crippen molar-refractivity contribution in [3.8, 4) is 0 Å². The summed E-state index contributed by atoms with van der Waals surface area (Å²) >= 11 is 6.56. The van der Waals surface area contributed by atoms with Crippen LogP contribution in [0.3, 0.4) is 0 Å². The van der Waals surface area contributed by atoms with Gasteiger partial charge in [-0.1, -0.05) is 41.1 Å². The molecule has 0 bridgehead atoms. The fourth-order valence-electron chi connectivity index (χ4n) is 2.06. The van der Waals surface area contributed by atoms with Crippen molar-refractivity contribution in [2.45, 2.75) is 4.34 Å². The second-order valence-corrected chi connectivity index (χ2v) is 8.46. The molecule has 0 saturated carbocycles. The standard InChI is InChI=1S/C15H10ClN5O5S2/c16-12-7-2-1-6-11(12)13(22)17-14-18-19-15(27-14)28(25,26)20-9-4-3-5-10(8-9)21(23)24/h1-8,20H,(H,17,18,22). The van der Waals surface area contributed by atoms with Gasteiger partial charge in [-0.15, -0.1) is 10.2 Å². The highest BCUT2D eigenvalue weighted by molar-refractivity contribution is 7.94. The van der Waals surface area contributed by atoms with Crippen molar-refractivity contribution in [3.63, 3.8) is 0 Å². The minimum atomic E-state index is -4.15. The van der Waals surface area contributed by atoms with Gasteiger partial charge in [-0.05, 0) is 18.2 Å². The van der Waals surface area contributed by atoms with Gasteiger partial charge >= 0.3 is 0 Å². The predicted octanol–water partition coefficient (Wildman–Crippen LogP) is 3.15. The summed E-state index contributed by atoms with van der Waals surface area (Å²) < 4.78 is 26.6. The van der Waals surface area contributed by atoms with Crippen LogP contribution in [0, 0.1) is 10.1 Å². The maximum Gasteiger partial charge on any atom is 0.291 e. The minimum Gasteiger partial charge on any atom is -0.296 e. The van der Waals surface area contributed by atoms with Crippen LogP contribution in [0.5, 0.6) is 0 Å². The molecule has 144 valence electrons. The number of aromatic nitrogens is 2. The lowest BCUT2D eigenvalue weighted by molar-refractivity contribution is -0.384. The van der Waals surface area contributed by atoms with E-state index >= 15 is 0 Å². The first-order chi connectivity index (χ1) is 13.3. The molecule has 13 heteroatoms. The lowest BCUT2D eigenvalue weighted by Gasteiger charge is -2.04. The first-order valence-electron chi connectivity index (χ1n) is 7.43. The van der Waals surface area contributed by atoms with Gasteiger partial charge in [0.25, 0.3) is 26.0 Å². The minimum absolute atomic E-state index is 0.00828. The molecule has 1 amide bonds. The smallest absolute Gasteiger partial charge is 0.291 e. The number of carbonyl (C=O) groups excluding carboxylic acids is 1. The van der Waals surface area contributed by atoms with E-state index in [1.165, 1.54) is 30.3 Å². The van der Waals surface area contributed by atoms with Gasteiger partial charge in [0.2, 0.25) is 5.13 Å². The first kappa shape index (κ1) is 19.7. The summed E-state index contributed by atoms with van der Waals surface area (Å²) in [5.74, 6) is -0.572. The molecular weight excluding hydrogens is 430 g/mol. The van der Waals surface area contributed by atoms with E-state index in [0.29, 0.717) is 11.3 Å². The predicted molar refractivity (Wildman–Crippen MR) is 103 cm³/mol. The molecule has 0 aliphatic heterocycles. The lowest BCUT2D eigenvalue weighted by atomic mass is 10.2. The molecule has 3 rings (SSSR count). The van der Waals surface area contributed by atoms with Crippen LogP contribution in [0.25, 0.3) is 0 Å². The van der Waals surface area contributed by atoms with Gasteiger partial charge in [0, 0.05) is 12.1 Å². The van der Waals surface area contributed by atoms with E-state index < -0.39 is 25.2 Å². The Hall–Kier alpha value is -3.09. The second kappa shape index (κ2) is 7.88. The molecule has 0 fully saturated rings. The number of anilines is 2. The number of carbonyl (C=O) groups is 1. The molecule has 0 spiro atoms. The summed E-state index contributed by atoms with van der Waals surface area (Å²) in [6.07, 6.45) is 0. The van der Waals surface area contributed by atoms with Crippen LogP contribution in [0.15, 0.2) is 52.9 Å². The van der Waals surface area contributed by atoms with Crippen molar-refractivity contribution in [1.82, 2.24) is 10.2 Å². The second-order valence-electron chi connectivity index (χ2n) is 5.22. The van der Waals surface area contributed by atoms with E-state index in [1.807, 2.05) is 0 Å². The molecule has 1 heterocycles. The Balaban J connectivity index is 1.77. The molecule has 1 aromatic heterocycles. The van der Waals surface area contributed by atoms with Crippen molar-refractivity contribution in [3.05, 3.63) is 69.2 Å². The van der Waals surface area contributed by atoms with Crippen molar-refractivity contribution in [1.29, 1.82) is 0 Å². The highest BCUT2D eigenvalue weighted by atomic mass is 35.5. The van der Waals surface area contributed by atoms with Gasteiger partial charge in [-0.3, -0.25) is 24.9 Å². The van der Waals surface area contributed by atoms with Crippen molar-refractivity contribution in [2.75, 3.05) is 10.0 Å². The van der Waals surface area contributed by atoms with Crippen molar-refractivity contribution < 1.29 is 18.1 Å². The van der Waals surface area contributed by atoms with E-state index in [-0.39, 0.29) is 27.1 Å². The highest BCUT2D eigenvalue weighted by Gasteiger charge is 2.22. The van der Waals surface area contributed by atoms with E-state index in [1.54, 1.807) is 12.1 Å². The molecule has 0 aliphatic rings. The molecule has 0 aliphatic carbocycles. The quantitative estimate of drug-likeness (QED) is 0.341. The average molecular weight is 440 g/mol. The van der Waals surface area contributed by atoms with Crippen LogP contribution in [0.1, 0.15) is 10.4 Å². The molecule has 2 N–H and O–H groups in total. The van der Waals surface area contributed by atoms with E-state index in [4.69, 9.17) is 11.6 Å². The molecular formula is C15H10ClN5O5S2. The van der Waals surface area contributed by atoms with Gasteiger partial charge in [0.15, 0.2) is 0 Å². The molecule has 0 atom stereocenters. The number of halogens is 1. The maximum absolute atomic E-state index is 12.4. The van der Waals surface area contributed by atoms with Crippen LogP contribution >= 0.6 is 22.9 Å². The van der Waals surface area contributed by atoms with E-state index in [2.05, 4.69) is 20.2 Å². The van der Waals surface area contributed by atoms with Crippen LogP contribution in [-0.2, 0) is 10.0 Å². The number of amides is 1. The first-order valence-corrected chi connectivity index (χ1v) is 10.1. The third kappa shape index (κ3) is 4.42. The summed E-state index contributed by atoms with van der Waals surface area (Å²) in [6.45, 7) is 0. The number of hydrogen-bond donors (Lipinski definition) is 2. The molecule has 2 aromatic carbocycles. The van der Waals surface area contributed by atoms with Crippen molar-refractivity contribution >= 4 is 55.4 Å². The third-order valence-corrected chi connectivity index (χ3v) is 6.20. The Morgan fingerprint density at radius 3 is 2.61 bits per heavy atom. The number of hydrogen-bond acceptors (Lipinski definition) is 8. The van der Waals surface area contributed by atoms with Gasteiger partial charge in [0.05, 0.1) is 21.2 Å². The number of rotatable bonds is 6. The molecule has 0 radical (unpaired) electrons. The molecule has 0 unspecified atom stereocenters. The number of non-ortho nitro benzene ring substituents is 1. The summed E-state index contributed by atoms with van der Waals surface area (Å²) in [7, 11) is -4.15. The summed E-state index contributed by atoms with van der Waals surface area (Å²) in [5, 5.41) is 20.6. The van der Waals surface area contributed by atoms with Gasteiger partial charge in [-0.2, -0.15) is 8.42 Å². The number of nitro groups is 1. The number of nitrogens with zero attached hydrogens (tertiary/aromatic N) is 3. The monoisotopic (exact) mass is 439 g/mol. The van der Waals surface area contributed by atoms with Gasteiger partial charge in [-0.25, -0.2) is 0 Å². The normalized spacial score (nSPS) is 11.0. The SMILES string of the molecule is O=C(Nc1nnc(S(=O)(=O)Nc2cccc([N+](=O)[O-])c2)s1)c1ccccc1Cl. The van der Waals surface area contributed by atoms with Gasteiger partial charge in [0.1, 0.15) is 0 Å². The maximum atomic E-state index is 12.4. The molecule has 3 aromatic rings. The number of nitro benzene ring substituents is 1. The van der Waals surface area contributed by atoms with Crippen LogP contribution in [-0.4, -0.2) is 29.4 Å². The number of nitrogens with one attached hydrogen (secondary N) is 2. The zero-order valence-electron chi connectivity index (χ0n) is 13.7. The zero-order valence-corrected chi connectivity index (χ0v) is 16.1. The Morgan fingerprint density at radius 1 is 1.14 bits per heavy atom. The summed E-state index contributed by atoms with van der Waals surface area (Å²) in [5.41, 5.74) is -0.0882. The topological polar surface area (TPSA) is 144 Å². The average Bonchev–Trinajstić information content (AvgIpc) is 3.11. The molecule has 28 heavy (non-hydrogen) atoms. The van der Waals surface area contributed by atoms with Crippen LogP contribution in [0.4, 0.5) is 16.5 Å². The molecule has 10 nitrogen and oxygen atoms in total. The summed E-state index contributed by atoms with van der Waals surface area (Å²) in [6, 6.07) is 11.3. The number of benzene rings is 2. The Morgan fingerprint density at radius 2 is 1.89 bits per heavy atom. The fourth-order valence-corrected chi connectivity index (χ4v) is 4.23. The van der Waals surface area contributed by atoms with Crippen LogP contribution in [0.2, 0.25) is 5.02 Å². The fraction of sp³-hybridized carbons (Fsp3) is 0. The Bertz CT molecular complexity index is 1160. The largest absolute Gasteiger partial charge is 0.296 e. The number of sulfonamides is 1. The third-order valence-electron chi connectivity index (χ3n) is 3.28. The molecule has 0 saturated heterocycles. The lowest BCUT2D eigenvalue weighted by Crippen LogP contribution is -2.12. The Kier molecular flexibility index (Phi) is 5.53. The van der Waals surface area contributed by atoms with Crippen molar-refractivity contribution in [2.24, 2.45) is 0 Å². The highest BCUT2D eigenvalue weighted by Crippen LogP contribution is 2.25. The van der Waals surface area contributed by atoms with E-state index in [0.717, 1.165) is 6.07 Å². The van der Waals surface area contributed by atoms with Crippen LogP contribution < -0.4 is 10.0 Å². The van der Waals surface area contributed by atoms with Gasteiger partial charge < -0.3 is 0 Å². The summed E-state index contributed by atoms with van der Waals surface area (Å²) in [4.78, 5) is 22.3. The zero-order chi connectivity index (χ0) is 20.3.